The van der Waals surface area contributed by atoms with Gasteiger partial charge >= 0.3 is 8.86 Å². The minimum Gasteiger partial charge on any atom is -0.445 e. The fraction of sp³-hybridized carbons (Fsp3) is 0.125. The van der Waals surface area contributed by atoms with Crippen LogP contribution in [0.2, 0.25) is 0 Å². The first kappa shape index (κ1) is 15.9. The average Bonchev–Trinajstić information content (AvgIpc) is 2.40. The van der Waals surface area contributed by atoms with Crippen molar-refractivity contribution in [3.05, 3.63) is 28.3 Å². The minimum absolute atomic E-state index is 0.0324. The predicted molar refractivity (Wildman–Crippen MR) is 70.6 cm³/mol. The zero-order valence-corrected chi connectivity index (χ0v) is 11.9. The highest BCUT2D eigenvalue weighted by Gasteiger charge is 2.36. The van der Waals surface area contributed by atoms with E-state index in [0.29, 0.717) is 0 Å². The van der Waals surface area contributed by atoms with Crippen LogP contribution in [-0.4, -0.2) is 14.2 Å². The second kappa shape index (κ2) is 6.85. The largest absolute Gasteiger partial charge is 0.445 e. The molecule has 0 saturated carbocycles. The van der Waals surface area contributed by atoms with Crippen LogP contribution < -0.4 is 4.74 Å². The van der Waals surface area contributed by atoms with Crippen LogP contribution in [0.25, 0.3) is 0 Å². The summed E-state index contributed by atoms with van der Waals surface area (Å²) in [5, 5.41) is 10.8. The molecule has 1 rings (SSSR count). The molecule has 0 amide bonds. The molecule has 0 N–H and O–H groups in total. The molecule has 0 bridgehead atoms. The van der Waals surface area contributed by atoms with Gasteiger partial charge in [-0.2, -0.15) is 12.8 Å². The molecule has 19 heavy (non-hydrogen) atoms. The normalized spacial score (nSPS) is 10.7. The number of nitro groups is 1. The van der Waals surface area contributed by atoms with Crippen molar-refractivity contribution in [3.8, 4) is 5.75 Å². The molecule has 102 valence electrons. The third-order valence-corrected chi connectivity index (χ3v) is 3.54. The molecule has 1 aromatic rings. The SMILES string of the molecule is O=C=Nc1ccc(OC(Br)(SF)SF)c([N+](=O)[O-])c1. The van der Waals surface area contributed by atoms with E-state index in [1.807, 2.05) is 0 Å². The van der Waals surface area contributed by atoms with Crippen LogP contribution in [0.4, 0.5) is 19.1 Å². The van der Waals surface area contributed by atoms with Crippen molar-refractivity contribution in [3.63, 3.8) is 0 Å². The number of nitro benzene ring substituents is 1. The van der Waals surface area contributed by atoms with Crippen LogP contribution >= 0.6 is 40.2 Å². The fourth-order valence-electron chi connectivity index (χ4n) is 1.03. The third-order valence-electron chi connectivity index (χ3n) is 1.73. The first-order chi connectivity index (χ1) is 8.95. The van der Waals surface area contributed by atoms with Crippen LogP contribution in [0.1, 0.15) is 0 Å². The smallest absolute Gasteiger partial charge is 0.316 e. The highest BCUT2D eigenvalue weighted by atomic mass is 79.9. The van der Waals surface area contributed by atoms with E-state index in [9.17, 15) is 22.7 Å². The summed E-state index contributed by atoms with van der Waals surface area (Å²) in [5.74, 6) is -0.387. The van der Waals surface area contributed by atoms with Gasteiger partial charge in [0.1, 0.15) is 24.3 Å². The Labute approximate surface area is 122 Å². The lowest BCUT2D eigenvalue weighted by Gasteiger charge is -2.18. The van der Waals surface area contributed by atoms with Gasteiger partial charge in [0.15, 0.2) is 0 Å². The van der Waals surface area contributed by atoms with Crippen LogP contribution in [0.5, 0.6) is 5.75 Å². The first-order valence-electron chi connectivity index (χ1n) is 4.29. The van der Waals surface area contributed by atoms with E-state index in [-0.39, 0.29) is 11.4 Å². The summed E-state index contributed by atoms with van der Waals surface area (Å²) >= 11 is 1.55. The lowest BCUT2D eigenvalue weighted by Crippen LogP contribution is -2.17. The average molecular weight is 373 g/mol. The summed E-state index contributed by atoms with van der Waals surface area (Å²) in [6, 6.07) is 3.18. The highest BCUT2D eigenvalue weighted by molar-refractivity contribution is 9.13. The molecule has 0 aromatic heterocycles. The number of benzene rings is 1. The van der Waals surface area contributed by atoms with E-state index in [4.69, 9.17) is 4.74 Å². The molecule has 0 atom stereocenters. The van der Waals surface area contributed by atoms with Gasteiger partial charge in [-0.05, 0) is 28.1 Å². The number of ether oxygens (including phenoxy) is 1. The monoisotopic (exact) mass is 372 g/mol. The molecule has 0 aliphatic heterocycles. The summed E-state index contributed by atoms with van der Waals surface area (Å²) < 4.78 is 27.7. The Morgan fingerprint density at radius 2 is 2.11 bits per heavy atom. The predicted octanol–water partition coefficient (Wildman–Crippen LogP) is 4.18. The molecule has 0 spiro atoms. The highest BCUT2D eigenvalue weighted by Crippen LogP contribution is 2.47. The summed E-state index contributed by atoms with van der Waals surface area (Å²) in [7, 11) is 0. The van der Waals surface area contributed by atoms with E-state index in [1.54, 1.807) is 0 Å². The molecular weight excluding hydrogens is 370 g/mol. The van der Waals surface area contributed by atoms with Gasteiger partial charge in [0.05, 0.1) is 10.6 Å². The van der Waals surface area contributed by atoms with Gasteiger partial charge in [-0.25, -0.2) is 4.79 Å². The zero-order chi connectivity index (χ0) is 14.5. The topological polar surface area (TPSA) is 81.8 Å². The van der Waals surface area contributed by atoms with Crippen molar-refractivity contribution in [2.24, 2.45) is 4.99 Å². The standard InChI is InChI=1S/C8H3BrF2N2O4S2/c9-8(18-10,19-11)17-7-2-1-5(12-4-14)3-6(7)13(15)16/h1-3H. The van der Waals surface area contributed by atoms with Gasteiger partial charge in [-0.1, -0.05) is 0 Å². The summed E-state index contributed by atoms with van der Waals surface area (Å²) in [6.07, 6.45) is 1.21. The van der Waals surface area contributed by atoms with E-state index >= 15 is 0 Å². The number of aliphatic imine (C=N–C) groups is 1. The second-order valence-electron chi connectivity index (χ2n) is 2.85. The van der Waals surface area contributed by atoms with Crippen LogP contribution in [0, 0.1) is 10.1 Å². The lowest BCUT2D eigenvalue weighted by molar-refractivity contribution is -0.385. The molecule has 0 fully saturated rings. The van der Waals surface area contributed by atoms with Gasteiger partial charge in [-0.3, -0.25) is 10.1 Å². The molecule has 0 aliphatic carbocycles. The van der Waals surface area contributed by atoms with E-state index < -0.39 is 38.1 Å². The number of halogens is 3. The number of carbonyl (C=O) groups excluding carboxylic acids is 1. The van der Waals surface area contributed by atoms with Crippen LogP contribution in [0.15, 0.2) is 23.2 Å². The van der Waals surface area contributed by atoms with Crippen molar-refractivity contribution in [2.45, 2.75) is 3.17 Å². The Hall–Kier alpha value is -1.16. The Kier molecular flexibility index (Phi) is 5.73. The van der Waals surface area contributed by atoms with E-state index in [0.717, 1.165) is 12.1 Å². The molecular formula is C8H3BrF2N2O4S2. The maximum atomic E-state index is 12.5. The second-order valence-corrected chi connectivity index (χ2v) is 6.73. The van der Waals surface area contributed by atoms with E-state index in [2.05, 4.69) is 20.9 Å². The fourth-order valence-corrected chi connectivity index (χ4v) is 1.54. The molecule has 0 heterocycles. The number of nitrogens with zero attached hydrogens (tertiary/aromatic N) is 2. The first-order valence-corrected chi connectivity index (χ1v) is 6.52. The number of isocyanates is 1. The maximum absolute atomic E-state index is 12.5. The lowest BCUT2D eigenvalue weighted by atomic mass is 10.2. The Morgan fingerprint density at radius 1 is 1.47 bits per heavy atom. The zero-order valence-electron chi connectivity index (χ0n) is 8.71. The molecule has 1 aromatic carbocycles. The molecule has 0 unspecified atom stereocenters. The van der Waals surface area contributed by atoms with Crippen molar-refractivity contribution in [1.29, 1.82) is 0 Å². The number of hydrogen-bond donors (Lipinski definition) is 0. The molecule has 0 aliphatic rings. The Balaban J connectivity index is 3.20. The van der Waals surface area contributed by atoms with Crippen molar-refractivity contribution < 1.29 is 22.2 Å². The molecule has 6 nitrogen and oxygen atoms in total. The molecule has 0 saturated heterocycles. The maximum Gasteiger partial charge on any atom is 0.316 e. The van der Waals surface area contributed by atoms with Crippen molar-refractivity contribution in [2.75, 3.05) is 0 Å². The van der Waals surface area contributed by atoms with Crippen LogP contribution in [0.3, 0.4) is 0 Å². The number of hydrogen-bond acceptors (Lipinski definition) is 7. The molecule has 11 heteroatoms. The van der Waals surface area contributed by atoms with Gasteiger partial charge in [0, 0.05) is 6.07 Å². The Bertz CT molecular complexity index is 537. The van der Waals surface area contributed by atoms with Crippen molar-refractivity contribution in [1.82, 2.24) is 0 Å². The van der Waals surface area contributed by atoms with Gasteiger partial charge in [0.2, 0.25) is 11.8 Å². The van der Waals surface area contributed by atoms with E-state index in [1.165, 1.54) is 12.1 Å². The van der Waals surface area contributed by atoms with Crippen molar-refractivity contribution >= 4 is 57.7 Å². The van der Waals surface area contributed by atoms with Gasteiger partial charge in [-0.15, -0.1) is 0 Å². The Morgan fingerprint density at radius 3 is 2.58 bits per heavy atom. The van der Waals surface area contributed by atoms with Gasteiger partial charge < -0.3 is 4.74 Å². The van der Waals surface area contributed by atoms with Gasteiger partial charge in [0.25, 0.3) is 0 Å². The third kappa shape index (κ3) is 4.16. The summed E-state index contributed by atoms with van der Waals surface area (Å²) in [6.45, 7) is 0. The summed E-state index contributed by atoms with van der Waals surface area (Å²) in [4.78, 5) is 23.2. The number of alkyl halides is 1. The quantitative estimate of drug-likeness (QED) is 0.186. The number of rotatable bonds is 6. The summed E-state index contributed by atoms with van der Waals surface area (Å²) in [5.41, 5.74) is -0.626. The van der Waals surface area contributed by atoms with Crippen LogP contribution in [-0.2, 0) is 4.79 Å². The minimum atomic E-state index is -2.15. The molecule has 0 radical (unpaired) electrons.